The quantitative estimate of drug-likeness (QED) is 0.849. The van der Waals surface area contributed by atoms with Gasteiger partial charge in [-0.2, -0.15) is 0 Å². The summed E-state index contributed by atoms with van der Waals surface area (Å²) in [6, 6.07) is 9.50. The van der Waals surface area contributed by atoms with E-state index >= 15 is 0 Å². The molecule has 0 radical (unpaired) electrons. The highest BCUT2D eigenvalue weighted by molar-refractivity contribution is 7.99. The summed E-state index contributed by atoms with van der Waals surface area (Å²) in [6.45, 7) is 0.989. The number of carbonyl (C=O) groups is 2. The topological polar surface area (TPSA) is 58.6 Å². The largest absolute Gasteiger partial charge is 0.459 e. The van der Waals surface area contributed by atoms with Crippen LogP contribution in [0.15, 0.2) is 30.3 Å². The van der Waals surface area contributed by atoms with Crippen LogP contribution in [0.3, 0.4) is 0 Å². The Kier molecular flexibility index (Phi) is 5.66. The highest BCUT2D eigenvalue weighted by Crippen LogP contribution is 2.30. The molecule has 1 saturated heterocycles. The molecule has 2 amide bonds. The van der Waals surface area contributed by atoms with Crippen LogP contribution >= 0.6 is 11.8 Å². The molecule has 0 aromatic heterocycles. The summed E-state index contributed by atoms with van der Waals surface area (Å²) in [6.07, 6.45) is 4.30. The summed E-state index contributed by atoms with van der Waals surface area (Å²) in [7, 11) is 0. The monoisotopic (exact) mass is 348 g/mol. The van der Waals surface area contributed by atoms with Crippen molar-refractivity contribution in [3.63, 3.8) is 0 Å². The Morgan fingerprint density at radius 1 is 1.17 bits per heavy atom. The predicted molar refractivity (Wildman–Crippen MR) is 94.6 cm³/mol. The van der Waals surface area contributed by atoms with E-state index in [1.54, 1.807) is 16.7 Å². The maximum absolute atomic E-state index is 12.8. The Morgan fingerprint density at radius 3 is 2.58 bits per heavy atom. The van der Waals surface area contributed by atoms with Crippen LogP contribution in [-0.4, -0.2) is 40.6 Å². The second-order valence-corrected chi connectivity index (χ2v) is 7.51. The predicted octanol–water partition coefficient (Wildman–Crippen LogP) is 3.15. The van der Waals surface area contributed by atoms with Gasteiger partial charge in [0.15, 0.2) is 0 Å². The molecule has 3 rings (SSSR count). The van der Waals surface area contributed by atoms with Crippen molar-refractivity contribution in [1.29, 1.82) is 0 Å². The van der Waals surface area contributed by atoms with Gasteiger partial charge in [0, 0.05) is 12.3 Å². The lowest BCUT2D eigenvalue weighted by Crippen LogP contribution is -2.59. The minimum Gasteiger partial charge on any atom is -0.459 e. The number of hydrogen-bond acceptors (Lipinski definition) is 4. The molecule has 1 aromatic rings. The van der Waals surface area contributed by atoms with Gasteiger partial charge < -0.3 is 15.0 Å². The minimum atomic E-state index is -0.864. The van der Waals surface area contributed by atoms with Crippen molar-refractivity contribution in [3.05, 3.63) is 35.9 Å². The summed E-state index contributed by atoms with van der Waals surface area (Å²) in [5, 5.41) is 3.01. The van der Waals surface area contributed by atoms with Crippen LogP contribution in [0.4, 0.5) is 4.79 Å². The number of carbonyl (C=O) groups excluding carboxylic acids is 2. The smallest absolute Gasteiger partial charge is 0.332 e. The molecule has 1 aliphatic carbocycles. The van der Waals surface area contributed by atoms with Gasteiger partial charge >= 0.3 is 12.0 Å². The Labute approximate surface area is 147 Å². The highest BCUT2D eigenvalue weighted by Gasteiger charge is 2.43. The van der Waals surface area contributed by atoms with Gasteiger partial charge in [0.25, 0.3) is 0 Å². The number of nitrogens with one attached hydrogen (secondary N) is 1. The summed E-state index contributed by atoms with van der Waals surface area (Å²) < 4.78 is 5.56. The second kappa shape index (κ2) is 7.92. The molecule has 0 unspecified atom stereocenters. The zero-order valence-corrected chi connectivity index (χ0v) is 14.6. The standard InChI is InChI=1S/C18H24N2O3S/c21-16(23-13-15-7-3-1-4-8-15)18(9-5-2-6-10-18)19-17(22)20-11-12-24-14-20/h1,3-4,7-8H,2,5-6,9-14H2,(H,19,22). The Hall–Kier alpha value is -1.69. The van der Waals surface area contributed by atoms with E-state index in [1.165, 1.54) is 0 Å². The zero-order valence-electron chi connectivity index (χ0n) is 13.8. The van der Waals surface area contributed by atoms with Gasteiger partial charge in [-0.1, -0.05) is 49.6 Å². The first kappa shape index (κ1) is 17.1. The van der Waals surface area contributed by atoms with Crippen LogP contribution in [0, 0.1) is 0 Å². The van der Waals surface area contributed by atoms with Crippen molar-refractivity contribution in [2.45, 2.75) is 44.2 Å². The number of hydrogen-bond donors (Lipinski definition) is 1. The maximum atomic E-state index is 12.8. The van der Waals surface area contributed by atoms with Crippen molar-refractivity contribution < 1.29 is 14.3 Å². The Morgan fingerprint density at radius 2 is 1.92 bits per heavy atom. The molecule has 1 heterocycles. The molecular formula is C18H24N2O3S. The third kappa shape index (κ3) is 4.04. The van der Waals surface area contributed by atoms with Crippen molar-refractivity contribution in [2.75, 3.05) is 18.2 Å². The lowest BCUT2D eigenvalue weighted by Gasteiger charge is -2.36. The van der Waals surface area contributed by atoms with Crippen LogP contribution in [0.1, 0.15) is 37.7 Å². The van der Waals surface area contributed by atoms with Gasteiger partial charge in [0.2, 0.25) is 0 Å². The molecule has 6 heteroatoms. The molecule has 1 N–H and O–H groups in total. The van der Waals surface area contributed by atoms with Gasteiger partial charge in [-0.15, -0.1) is 11.8 Å². The van der Waals surface area contributed by atoms with Gasteiger partial charge in [-0.25, -0.2) is 9.59 Å². The molecule has 0 bridgehead atoms. The van der Waals surface area contributed by atoms with Gasteiger partial charge in [0.1, 0.15) is 12.1 Å². The highest BCUT2D eigenvalue weighted by atomic mass is 32.2. The fraction of sp³-hybridized carbons (Fsp3) is 0.556. The molecule has 2 fully saturated rings. The fourth-order valence-electron chi connectivity index (χ4n) is 3.25. The molecule has 1 aromatic carbocycles. The molecule has 2 aliphatic rings. The van der Waals surface area contributed by atoms with E-state index < -0.39 is 5.54 Å². The molecule has 24 heavy (non-hydrogen) atoms. The van der Waals surface area contributed by atoms with Crippen LogP contribution in [-0.2, 0) is 16.1 Å². The third-order valence-corrected chi connectivity index (χ3v) is 5.66. The van der Waals surface area contributed by atoms with E-state index in [2.05, 4.69) is 5.32 Å². The first-order chi connectivity index (χ1) is 11.7. The first-order valence-electron chi connectivity index (χ1n) is 8.56. The third-order valence-electron chi connectivity index (χ3n) is 4.70. The summed E-state index contributed by atoms with van der Waals surface area (Å²) in [5.74, 6) is 1.35. The molecular weight excluding hydrogens is 324 g/mol. The maximum Gasteiger partial charge on any atom is 0.332 e. The normalized spacial score (nSPS) is 19.8. The average molecular weight is 348 g/mol. The minimum absolute atomic E-state index is 0.140. The number of rotatable bonds is 4. The van der Waals surface area contributed by atoms with E-state index in [1.807, 2.05) is 30.3 Å². The Balaban J connectivity index is 1.65. The van der Waals surface area contributed by atoms with E-state index in [9.17, 15) is 9.59 Å². The summed E-state index contributed by atoms with van der Waals surface area (Å²) >= 11 is 1.74. The van der Waals surface area contributed by atoms with Crippen molar-refractivity contribution in [3.8, 4) is 0 Å². The molecule has 1 aliphatic heterocycles. The van der Waals surface area contributed by atoms with E-state index in [4.69, 9.17) is 4.74 Å². The molecule has 130 valence electrons. The lowest BCUT2D eigenvalue weighted by atomic mass is 9.81. The van der Waals surface area contributed by atoms with Crippen molar-refractivity contribution in [2.24, 2.45) is 0 Å². The number of nitrogens with zero attached hydrogens (tertiary/aromatic N) is 1. The van der Waals surface area contributed by atoms with Crippen LogP contribution in [0.5, 0.6) is 0 Å². The molecule has 5 nitrogen and oxygen atoms in total. The zero-order chi connectivity index (χ0) is 16.8. The van der Waals surface area contributed by atoms with Crippen molar-refractivity contribution >= 4 is 23.8 Å². The second-order valence-electron chi connectivity index (χ2n) is 6.44. The molecule has 0 atom stereocenters. The summed E-state index contributed by atoms with van der Waals surface area (Å²) in [4.78, 5) is 27.0. The average Bonchev–Trinajstić information content (AvgIpc) is 3.16. The number of ether oxygens (including phenoxy) is 1. The van der Waals surface area contributed by atoms with Crippen LogP contribution in [0.2, 0.25) is 0 Å². The number of esters is 1. The molecule has 0 spiro atoms. The first-order valence-corrected chi connectivity index (χ1v) is 9.71. The SMILES string of the molecule is O=C(NC1(C(=O)OCc2ccccc2)CCCCC1)N1CCSC1. The van der Waals surface area contributed by atoms with E-state index in [-0.39, 0.29) is 18.6 Å². The van der Waals surface area contributed by atoms with Gasteiger partial charge in [-0.3, -0.25) is 0 Å². The lowest BCUT2D eigenvalue weighted by molar-refractivity contribution is -0.154. The number of thioether (sulfide) groups is 1. The molecule has 1 saturated carbocycles. The fourth-order valence-corrected chi connectivity index (χ4v) is 4.20. The van der Waals surface area contributed by atoms with Gasteiger partial charge in [-0.05, 0) is 18.4 Å². The number of urea groups is 1. The number of amides is 2. The number of benzene rings is 1. The van der Waals surface area contributed by atoms with Crippen molar-refractivity contribution in [1.82, 2.24) is 10.2 Å². The summed E-state index contributed by atoms with van der Waals surface area (Å²) in [5.41, 5.74) is 0.0938. The van der Waals surface area contributed by atoms with Crippen LogP contribution in [0.25, 0.3) is 0 Å². The van der Waals surface area contributed by atoms with Crippen LogP contribution < -0.4 is 5.32 Å². The van der Waals surface area contributed by atoms with E-state index in [0.717, 1.165) is 37.1 Å². The van der Waals surface area contributed by atoms with Gasteiger partial charge in [0.05, 0.1) is 5.88 Å². The van der Waals surface area contributed by atoms with E-state index in [0.29, 0.717) is 18.7 Å². The Bertz CT molecular complexity index is 567.